The second-order valence-corrected chi connectivity index (χ2v) is 3.64. The highest BCUT2D eigenvalue weighted by molar-refractivity contribution is 6.30. The fourth-order valence-corrected chi connectivity index (χ4v) is 1.76. The number of fused-ring (bicyclic) bond motifs is 1. The van der Waals surface area contributed by atoms with E-state index in [4.69, 9.17) is 22.1 Å². The first kappa shape index (κ1) is 8.78. The lowest BCUT2D eigenvalue weighted by Crippen LogP contribution is -2.22. The molecule has 0 amide bonds. The van der Waals surface area contributed by atoms with E-state index in [1.165, 1.54) is 0 Å². The normalized spacial score (nSPS) is 25.5. The number of pyridine rings is 1. The molecule has 4 heteroatoms. The minimum atomic E-state index is 0.103. The molecule has 3 nitrogen and oxygen atoms in total. The van der Waals surface area contributed by atoms with Gasteiger partial charge in [-0.1, -0.05) is 11.6 Å². The molecule has 0 fully saturated rings. The molecule has 2 heterocycles. The van der Waals surface area contributed by atoms with Crippen LogP contribution in [-0.4, -0.2) is 17.6 Å². The number of nitrogens with zero attached hydrogens (tertiary/aromatic N) is 1. The van der Waals surface area contributed by atoms with Crippen molar-refractivity contribution < 1.29 is 4.74 Å². The van der Waals surface area contributed by atoms with Gasteiger partial charge >= 0.3 is 0 Å². The van der Waals surface area contributed by atoms with Gasteiger partial charge in [0.25, 0.3) is 0 Å². The van der Waals surface area contributed by atoms with E-state index in [0.717, 1.165) is 11.4 Å². The van der Waals surface area contributed by atoms with Gasteiger partial charge in [0.1, 0.15) is 11.9 Å². The topological polar surface area (TPSA) is 48.1 Å². The summed E-state index contributed by atoms with van der Waals surface area (Å²) in [4.78, 5) is 4.22. The Bertz CT molecular complexity index is 329. The van der Waals surface area contributed by atoms with Crippen LogP contribution in [-0.2, 0) is 0 Å². The highest BCUT2D eigenvalue weighted by atomic mass is 35.5. The van der Waals surface area contributed by atoms with E-state index in [2.05, 4.69) is 4.98 Å². The van der Waals surface area contributed by atoms with E-state index in [0.29, 0.717) is 11.6 Å². The SMILES string of the molecule is C[C@H]1Oc2cc(Cl)cnc2[C@@H]1CN. The van der Waals surface area contributed by atoms with Gasteiger partial charge < -0.3 is 10.5 Å². The predicted molar refractivity (Wildman–Crippen MR) is 51.1 cm³/mol. The van der Waals surface area contributed by atoms with Gasteiger partial charge in [0, 0.05) is 18.8 Å². The minimum absolute atomic E-state index is 0.103. The second kappa shape index (κ2) is 3.16. The highest BCUT2D eigenvalue weighted by Gasteiger charge is 2.31. The van der Waals surface area contributed by atoms with Crippen LogP contribution in [0.15, 0.2) is 12.3 Å². The van der Waals surface area contributed by atoms with Crippen molar-refractivity contribution >= 4 is 11.6 Å². The third kappa shape index (κ3) is 1.38. The van der Waals surface area contributed by atoms with Crippen molar-refractivity contribution in [2.75, 3.05) is 6.54 Å². The lowest BCUT2D eigenvalue weighted by atomic mass is 10.0. The first-order valence-corrected chi connectivity index (χ1v) is 4.62. The van der Waals surface area contributed by atoms with Crippen molar-refractivity contribution in [3.8, 4) is 5.75 Å². The third-order valence-electron chi connectivity index (χ3n) is 2.33. The molecule has 0 bridgehead atoms. The zero-order chi connectivity index (χ0) is 9.42. The van der Waals surface area contributed by atoms with Gasteiger partial charge in [0.15, 0.2) is 0 Å². The summed E-state index contributed by atoms with van der Waals surface area (Å²) in [5, 5.41) is 0.601. The van der Waals surface area contributed by atoms with Gasteiger partial charge in [-0.15, -0.1) is 0 Å². The molecule has 0 saturated heterocycles. The molecule has 1 aromatic heterocycles. The Kier molecular flexibility index (Phi) is 2.14. The number of ether oxygens (including phenoxy) is 1. The molecule has 2 atom stereocenters. The van der Waals surface area contributed by atoms with E-state index in [1.807, 2.05) is 6.92 Å². The Morgan fingerprint density at radius 3 is 3.15 bits per heavy atom. The summed E-state index contributed by atoms with van der Waals surface area (Å²) < 4.78 is 5.56. The van der Waals surface area contributed by atoms with Crippen LogP contribution in [0.2, 0.25) is 5.02 Å². The Labute approximate surface area is 81.9 Å². The Morgan fingerprint density at radius 1 is 1.69 bits per heavy atom. The Morgan fingerprint density at radius 2 is 2.46 bits per heavy atom. The van der Waals surface area contributed by atoms with Gasteiger partial charge in [-0.2, -0.15) is 0 Å². The summed E-state index contributed by atoms with van der Waals surface area (Å²) in [5.41, 5.74) is 6.55. The van der Waals surface area contributed by atoms with Crippen LogP contribution in [0.3, 0.4) is 0 Å². The molecule has 13 heavy (non-hydrogen) atoms. The van der Waals surface area contributed by atoms with Gasteiger partial charge in [0.2, 0.25) is 0 Å². The molecule has 0 aliphatic carbocycles. The van der Waals surface area contributed by atoms with Gasteiger partial charge in [0.05, 0.1) is 16.6 Å². The molecular weight excluding hydrogens is 188 g/mol. The molecule has 1 aliphatic heterocycles. The molecule has 2 rings (SSSR count). The van der Waals surface area contributed by atoms with Crippen LogP contribution >= 0.6 is 11.6 Å². The molecule has 0 spiro atoms. The average Bonchev–Trinajstić information content (AvgIpc) is 2.39. The minimum Gasteiger partial charge on any atom is -0.488 e. The van der Waals surface area contributed by atoms with E-state index in [1.54, 1.807) is 12.3 Å². The summed E-state index contributed by atoms with van der Waals surface area (Å²) in [6.07, 6.45) is 1.73. The molecule has 0 saturated carbocycles. The van der Waals surface area contributed by atoms with Crippen LogP contribution in [0.4, 0.5) is 0 Å². The van der Waals surface area contributed by atoms with Crippen molar-refractivity contribution in [3.63, 3.8) is 0 Å². The van der Waals surface area contributed by atoms with Gasteiger partial charge in [-0.05, 0) is 6.92 Å². The Balaban J connectivity index is 2.42. The molecule has 0 aromatic carbocycles. The summed E-state index contributed by atoms with van der Waals surface area (Å²) in [7, 11) is 0. The van der Waals surface area contributed by atoms with Crippen molar-refractivity contribution in [2.45, 2.75) is 18.9 Å². The molecule has 70 valence electrons. The van der Waals surface area contributed by atoms with E-state index in [-0.39, 0.29) is 12.0 Å². The number of halogens is 1. The first-order valence-electron chi connectivity index (χ1n) is 4.24. The summed E-state index contributed by atoms with van der Waals surface area (Å²) in [5.74, 6) is 0.975. The smallest absolute Gasteiger partial charge is 0.143 e. The summed E-state index contributed by atoms with van der Waals surface area (Å²) in [6, 6.07) is 1.79. The lowest BCUT2D eigenvalue weighted by molar-refractivity contribution is 0.228. The van der Waals surface area contributed by atoms with Crippen LogP contribution in [0.25, 0.3) is 0 Å². The first-order chi connectivity index (χ1) is 6.22. The van der Waals surface area contributed by atoms with Crippen LogP contribution < -0.4 is 10.5 Å². The maximum absolute atomic E-state index is 5.79. The van der Waals surface area contributed by atoms with Crippen molar-refractivity contribution in [1.82, 2.24) is 4.98 Å². The van der Waals surface area contributed by atoms with Gasteiger partial charge in [-0.25, -0.2) is 0 Å². The number of hydrogen-bond donors (Lipinski definition) is 1. The third-order valence-corrected chi connectivity index (χ3v) is 2.54. The fourth-order valence-electron chi connectivity index (χ4n) is 1.61. The molecular formula is C9H11ClN2O. The quantitative estimate of drug-likeness (QED) is 0.745. The second-order valence-electron chi connectivity index (χ2n) is 3.20. The van der Waals surface area contributed by atoms with Crippen LogP contribution in [0.1, 0.15) is 18.5 Å². The number of aromatic nitrogens is 1. The van der Waals surface area contributed by atoms with E-state index >= 15 is 0 Å². The summed E-state index contributed by atoms with van der Waals surface area (Å²) in [6.45, 7) is 2.55. The molecule has 2 N–H and O–H groups in total. The molecule has 1 aliphatic rings. The fraction of sp³-hybridized carbons (Fsp3) is 0.444. The summed E-state index contributed by atoms with van der Waals surface area (Å²) >= 11 is 5.79. The van der Waals surface area contributed by atoms with E-state index in [9.17, 15) is 0 Å². The zero-order valence-electron chi connectivity index (χ0n) is 7.33. The predicted octanol–water partition coefficient (Wildman–Crippen LogP) is 1.56. The molecule has 0 radical (unpaired) electrons. The maximum Gasteiger partial charge on any atom is 0.143 e. The van der Waals surface area contributed by atoms with Gasteiger partial charge in [-0.3, -0.25) is 4.98 Å². The molecule has 1 aromatic rings. The number of hydrogen-bond acceptors (Lipinski definition) is 3. The number of rotatable bonds is 1. The van der Waals surface area contributed by atoms with Crippen LogP contribution in [0, 0.1) is 0 Å². The van der Waals surface area contributed by atoms with Crippen molar-refractivity contribution in [1.29, 1.82) is 0 Å². The lowest BCUT2D eigenvalue weighted by Gasteiger charge is -2.10. The van der Waals surface area contributed by atoms with E-state index < -0.39 is 0 Å². The average molecular weight is 199 g/mol. The zero-order valence-corrected chi connectivity index (χ0v) is 8.08. The molecule has 0 unspecified atom stereocenters. The maximum atomic E-state index is 5.79. The largest absolute Gasteiger partial charge is 0.488 e. The number of nitrogens with two attached hydrogens (primary N) is 1. The monoisotopic (exact) mass is 198 g/mol. The van der Waals surface area contributed by atoms with Crippen molar-refractivity contribution in [2.24, 2.45) is 5.73 Å². The van der Waals surface area contributed by atoms with Crippen LogP contribution in [0.5, 0.6) is 5.75 Å². The Hall–Kier alpha value is -0.800. The standard InChI is InChI=1S/C9H11ClN2O/c1-5-7(3-11)9-8(13-5)2-6(10)4-12-9/h2,4-5,7H,3,11H2,1H3/t5-,7-/m1/s1. The van der Waals surface area contributed by atoms with Crippen molar-refractivity contribution in [3.05, 3.63) is 23.0 Å². The highest BCUT2D eigenvalue weighted by Crippen LogP contribution is 2.36.